The summed E-state index contributed by atoms with van der Waals surface area (Å²) >= 11 is 1.54. The van der Waals surface area contributed by atoms with E-state index >= 15 is 0 Å². The third-order valence-corrected chi connectivity index (χ3v) is 5.67. The van der Waals surface area contributed by atoms with E-state index in [1.54, 1.807) is 0 Å². The zero-order chi connectivity index (χ0) is 20.1. The first kappa shape index (κ1) is 18.7. The van der Waals surface area contributed by atoms with Gasteiger partial charge in [-0.2, -0.15) is 13.2 Å². The highest BCUT2D eigenvalue weighted by Gasteiger charge is 2.36. The molecule has 4 rings (SSSR count). The number of aryl methyl sites for hydroxylation is 1. The third-order valence-electron chi connectivity index (χ3n) is 4.59. The lowest BCUT2D eigenvalue weighted by Gasteiger charge is -2.37. The molecule has 1 saturated heterocycles. The number of nitrogens with one attached hydrogen (secondary N) is 1. The maximum absolute atomic E-state index is 13.3. The summed E-state index contributed by atoms with van der Waals surface area (Å²) in [5.41, 5.74) is 0.559. The molecule has 0 saturated carbocycles. The fraction of sp³-hybridized carbons (Fsp3) is 0.263. The fourth-order valence-electron chi connectivity index (χ4n) is 3.02. The van der Waals surface area contributed by atoms with Crippen LogP contribution in [0.2, 0.25) is 0 Å². The zero-order valence-electron chi connectivity index (χ0n) is 14.7. The van der Waals surface area contributed by atoms with Gasteiger partial charge in [-0.15, -0.1) is 0 Å². The van der Waals surface area contributed by atoms with Gasteiger partial charge in [-0.05, 0) is 42.8 Å². The molecule has 0 spiro atoms. The van der Waals surface area contributed by atoms with Gasteiger partial charge in [0.25, 0.3) is 0 Å². The Labute approximate surface area is 161 Å². The summed E-state index contributed by atoms with van der Waals surface area (Å²) in [7, 11) is 0. The van der Waals surface area contributed by atoms with Gasteiger partial charge in [0.2, 0.25) is 5.91 Å². The second kappa shape index (κ2) is 6.73. The first-order valence-corrected chi connectivity index (χ1v) is 9.32. The van der Waals surface area contributed by atoms with E-state index in [9.17, 15) is 22.4 Å². The molecule has 1 aliphatic heterocycles. The van der Waals surface area contributed by atoms with E-state index in [1.165, 1.54) is 11.3 Å². The predicted molar refractivity (Wildman–Crippen MR) is 100 cm³/mol. The molecule has 2 heterocycles. The molecule has 28 heavy (non-hydrogen) atoms. The van der Waals surface area contributed by atoms with Crippen LogP contribution >= 0.6 is 11.3 Å². The van der Waals surface area contributed by atoms with Crippen molar-refractivity contribution in [3.05, 3.63) is 53.3 Å². The number of amides is 1. The number of alkyl halides is 3. The molecule has 1 aromatic heterocycles. The van der Waals surface area contributed by atoms with E-state index in [2.05, 4.69) is 10.3 Å². The van der Waals surface area contributed by atoms with E-state index in [4.69, 9.17) is 0 Å². The summed E-state index contributed by atoms with van der Waals surface area (Å²) in [6, 6.07) is 8.41. The number of carbonyl (C=O) groups is 1. The number of fused-ring (bicyclic) bond motifs is 1. The highest BCUT2D eigenvalue weighted by molar-refractivity contribution is 7.22. The van der Waals surface area contributed by atoms with Gasteiger partial charge in [-0.1, -0.05) is 17.4 Å². The lowest BCUT2D eigenvalue weighted by molar-refractivity contribution is -0.140. The molecule has 0 atom stereocenters. The van der Waals surface area contributed by atoms with Crippen molar-refractivity contribution in [2.24, 2.45) is 5.92 Å². The number of thiazole rings is 1. The first-order valence-electron chi connectivity index (χ1n) is 8.50. The van der Waals surface area contributed by atoms with Crippen LogP contribution in [0.15, 0.2) is 36.4 Å². The lowest BCUT2D eigenvalue weighted by Crippen LogP contribution is -2.52. The fourth-order valence-corrected chi connectivity index (χ4v) is 4.10. The van der Waals surface area contributed by atoms with Crippen LogP contribution in [0.5, 0.6) is 0 Å². The van der Waals surface area contributed by atoms with Crippen molar-refractivity contribution in [3.8, 4) is 0 Å². The molecule has 9 heteroatoms. The summed E-state index contributed by atoms with van der Waals surface area (Å²) in [6.07, 6.45) is -4.82. The van der Waals surface area contributed by atoms with E-state index < -0.39 is 23.5 Å². The molecule has 146 valence electrons. The summed E-state index contributed by atoms with van der Waals surface area (Å²) < 4.78 is 52.8. The van der Waals surface area contributed by atoms with Crippen LogP contribution in [0, 0.1) is 18.7 Å². The highest BCUT2D eigenvalue weighted by Crippen LogP contribution is 2.35. The second-order valence-corrected chi connectivity index (χ2v) is 7.76. The Balaban J connectivity index is 1.41. The van der Waals surface area contributed by atoms with Crippen molar-refractivity contribution in [1.29, 1.82) is 0 Å². The van der Waals surface area contributed by atoms with Crippen LogP contribution in [0.25, 0.3) is 10.2 Å². The lowest BCUT2D eigenvalue weighted by atomic mass is 10.00. The van der Waals surface area contributed by atoms with E-state index in [1.807, 2.05) is 30.0 Å². The van der Waals surface area contributed by atoms with Gasteiger partial charge in [0.15, 0.2) is 5.13 Å². The van der Waals surface area contributed by atoms with Gasteiger partial charge in [0.05, 0.1) is 21.7 Å². The minimum absolute atomic E-state index is 0.0763. The molecule has 1 amide bonds. The number of hydrogen-bond acceptors (Lipinski definition) is 4. The normalized spacial score (nSPS) is 15.0. The largest absolute Gasteiger partial charge is 0.419 e. The second-order valence-electron chi connectivity index (χ2n) is 6.75. The summed E-state index contributed by atoms with van der Waals surface area (Å²) in [5, 5.41) is 3.25. The molecule has 0 aliphatic carbocycles. The molecule has 1 N–H and O–H groups in total. The predicted octanol–water partition coefficient (Wildman–Crippen LogP) is 4.84. The summed E-state index contributed by atoms with van der Waals surface area (Å²) in [5.74, 6) is -2.13. The summed E-state index contributed by atoms with van der Waals surface area (Å²) in [6.45, 7) is 2.86. The molecule has 0 unspecified atom stereocenters. The maximum Gasteiger partial charge on any atom is 0.419 e. The van der Waals surface area contributed by atoms with Gasteiger partial charge >= 0.3 is 6.18 Å². The number of nitrogens with zero attached hydrogens (tertiary/aromatic N) is 2. The SMILES string of the molecule is Cc1ccc2nc(N3CC(C(=O)Nc4ccc(F)c(C(F)(F)F)c4)C3)sc2c1. The van der Waals surface area contributed by atoms with Crippen LogP contribution in [0.1, 0.15) is 11.1 Å². The topological polar surface area (TPSA) is 45.2 Å². The molecule has 1 aliphatic rings. The standard InChI is InChI=1S/C19H15F4N3OS/c1-10-2-5-15-16(6-10)28-18(25-15)26-8-11(9-26)17(27)24-12-3-4-14(20)13(7-12)19(21,22)23/h2-7,11H,8-9H2,1H3,(H,24,27). The number of rotatable bonds is 3. The smallest absolute Gasteiger partial charge is 0.346 e. The highest BCUT2D eigenvalue weighted by atomic mass is 32.1. The van der Waals surface area contributed by atoms with Gasteiger partial charge in [0.1, 0.15) is 5.82 Å². The number of carbonyl (C=O) groups excluding carboxylic acids is 1. The minimum atomic E-state index is -4.82. The molecule has 0 bridgehead atoms. The van der Waals surface area contributed by atoms with Crippen LogP contribution in [-0.4, -0.2) is 24.0 Å². The van der Waals surface area contributed by atoms with Crippen LogP contribution in [-0.2, 0) is 11.0 Å². The molecule has 2 aromatic carbocycles. The Hall–Kier alpha value is -2.68. The van der Waals surface area contributed by atoms with Crippen LogP contribution in [0.4, 0.5) is 28.4 Å². The van der Waals surface area contributed by atoms with E-state index in [0.29, 0.717) is 25.2 Å². The Morgan fingerprint density at radius 2 is 1.96 bits per heavy atom. The van der Waals surface area contributed by atoms with Crippen molar-refractivity contribution in [2.75, 3.05) is 23.3 Å². The molecular formula is C19H15F4N3OS. The minimum Gasteiger partial charge on any atom is -0.346 e. The van der Waals surface area contributed by atoms with E-state index in [-0.39, 0.29) is 11.6 Å². The Bertz CT molecular complexity index is 1060. The van der Waals surface area contributed by atoms with Gasteiger partial charge in [-0.25, -0.2) is 9.37 Å². The number of anilines is 2. The van der Waals surface area contributed by atoms with Crippen molar-refractivity contribution in [1.82, 2.24) is 4.98 Å². The Kier molecular flexibility index (Phi) is 4.49. The van der Waals surface area contributed by atoms with Crippen molar-refractivity contribution in [3.63, 3.8) is 0 Å². The third kappa shape index (κ3) is 3.54. The van der Waals surface area contributed by atoms with Crippen LogP contribution < -0.4 is 10.2 Å². The number of benzene rings is 2. The van der Waals surface area contributed by atoms with Gasteiger partial charge < -0.3 is 10.2 Å². The van der Waals surface area contributed by atoms with Crippen molar-refractivity contribution < 1.29 is 22.4 Å². The maximum atomic E-state index is 13.3. The number of aromatic nitrogens is 1. The van der Waals surface area contributed by atoms with Gasteiger partial charge in [-0.3, -0.25) is 4.79 Å². The number of halogens is 4. The molecule has 1 fully saturated rings. The Morgan fingerprint density at radius 3 is 2.68 bits per heavy atom. The summed E-state index contributed by atoms with van der Waals surface area (Å²) in [4.78, 5) is 18.8. The quantitative estimate of drug-likeness (QED) is 0.630. The van der Waals surface area contributed by atoms with Crippen LogP contribution in [0.3, 0.4) is 0 Å². The number of hydrogen-bond donors (Lipinski definition) is 1. The van der Waals surface area contributed by atoms with Crippen molar-refractivity contribution in [2.45, 2.75) is 13.1 Å². The Morgan fingerprint density at radius 1 is 1.21 bits per heavy atom. The molecule has 0 radical (unpaired) electrons. The van der Waals surface area contributed by atoms with E-state index in [0.717, 1.165) is 27.0 Å². The molecule has 4 nitrogen and oxygen atoms in total. The van der Waals surface area contributed by atoms with Gasteiger partial charge in [0, 0.05) is 18.8 Å². The monoisotopic (exact) mass is 409 g/mol. The average Bonchev–Trinajstić information content (AvgIpc) is 2.96. The van der Waals surface area contributed by atoms with Crippen molar-refractivity contribution >= 4 is 38.3 Å². The molecule has 3 aromatic rings. The molecular weight excluding hydrogens is 394 g/mol. The zero-order valence-corrected chi connectivity index (χ0v) is 15.5. The first-order chi connectivity index (χ1) is 13.2. The average molecular weight is 409 g/mol.